The van der Waals surface area contributed by atoms with E-state index in [1.165, 1.54) is 12.1 Å². The van der Waals surface area contributed by atoms with Crippen LogP contribution >= 0.6 is 0 Å². The molecule has 3 nitrogen and oxygen atoms in total. The Kier molecular flexibility index (Phi) is 3.88. The fourth-order valence-corrected chi connectivity index (χ4v) is 1.62. The zero-order chi connectivity index (χ0) is 12.3. The zero-order valence-electron chi connectivity index (χ0n) is 10.00. The molecule has 0 heterocycles. The summed E-state index contributed by atoms with van der Waals surface area (Å²) in [4.78, 5) is 1.90. The van der Waals surface area contributed by atoms with E-state index in [-0.39, 0.29) is 12.4 Å². The van der Waals surface area contributed by atoms with Crippen molar-refractivity contribution in [1.29, 1.82) is 0 Å². The SMILES string of the molecule is CN(C)c1ccc(F)cc1CC(C)(N)CO. The van der Waals surface area contributed by atoms with E-state index >= 15 is 0 Å². The van der Waals surface area contributed by atoms with Crippen LogP contribution in [0.3, 0.4) is 0 Å². The third-order valence-electron chi connectivity index (χ3n) is 2.48. The minimum absolute atomic E-state index is 0.129. The molecule has 0 saturated heterocycles. The number of hydrogen-bond acceptors (Lipinski definition) is 3. The first-order chi connectivity index (χ1) is 7.35. The Hall–Kier alpha value is -1.13. The van der Waals surface area contributed by atoms with Crippen LogP contribution in [0.1, 0.15) is 12.5 Å². The number of hydrogen-bond donors (Lipinski definition) is 2. The summed E-state index contributed by atoms with van der Waals surface area (Å²) in [6, 6.07) is 4.61. The Morgan fingerprint density at radius 3 is 2.56 bits per heavy atom. The molecule has 0 aliphatic carbocycles. The van der Waals surface area contributed by atoms with Crippen LogP contribution in [-0.4, -0.2) is 31.3 Å². The van der Waals surface area contributed by atoms with E-state index < -0.39 is 5.54 Å². The molecule has 1 unspecified atom stereocenters. The quantitative estimate of drug-likeness (QED) is 0.809. The molecule has 0 aliphatic rings. The second-order valence-corrected chi connectivity index (χ2v) is 4.66. The van der Waals surface area contributed by atoms with E-state index in [0.29, 0.717) is 6.42 Å². The Balaban J connectivity index is 3.06. The molecule has 3 N–H and O–H groups in total. The van der Waals surface area contributed by atoms with Crippen LogP contribution < -0.4 is 10.6 Å². The molecule has 0 spiro atoms. The number of halogens is 1. The number of benzene rings is 1. The molecular weight excluding hydrogens is 207 g/mol. The summed E-state index contributed by atoms with van der Waals surface area (Å²) in [7, 11) is 3.78. The smallest absolute Gasteiger partial charge is 0.123 e. The van der Waals surface area contributed by atoms with E-state index in [0.717, 1.165) is 11.3 Å². The molecule has 0 amide bonds. The van der Waals surface area contributed by atoms with Gasteiger partial charge >= 0.3 is 0 Å². The summed E-state index contributed by atoms with van der Waals surface area (Å²) in [5.41, 5.74) is 6.88. The number of nitrogens with zero attached hydrogens (tertiary/aromatic N) is 1. The summed E-state index contributed by atoms with van der Waals surface area (Å²) >= 11 is 0. The molecule has 1 aromatic carbocycles. The van der Waals surface area contributed by atoms with Crippen LogP contribution in [0, 0.1) is 5.82 Å². The maximum absolute atomic E-state index is 13.2. The fourth-order valence-electron chi connectivity index (χ4n) is 1.62. The third-order valence-corrected chi connectivity index (χ3v) is 2.48. The van der Waals surface area contributed by atoms with Gasteiger partial charge in [0.2, 0.25) is 0 Å². The van der Waals surface area contributed by atoms with Crippen molar-refractivity contribution in [3.8, 4) is 0 Å². The lowest BCUT2D eigenvalue weighted by Gasteiger charge is -2.25. The maximum Gasteiger partial charge on any atom is 0.123 e. The number of rotatable bonds is 4. The standard InChI is InChI=1S/C12H19FN2O/c1-12(14,8-16)7-9-6-10(13)4-5-11(9)15(2)3/h4-6,16H,7-8,14H2,1-3H3. The van der Waals surface area contributed by atoms with Crippen molar-refractivity contribution < 1.29 is 9.50 Å². The monoisotopic (exact) mass is 226 g/mol. The van der Waals surface area contributed by atoms with E-state index in [2.05, 4.69) is 0 Å². The lowest BCUT2D eigenvalue weighted by Crippen LogP contribution is -2.42. The molecule has 1 rings (SSSR count). The molecule has 0 saturated carbocycles. The second kappa shape index (κ2) is 4.80. The lowest BCUT2D eigenvalue weighted by atomic mass is 9.93. The number of aliphatic hydroxyl groups excluding tert-OH is 1. The number of nitrogens with two attached hydrogens (primary N) is 1. The Bertz CT molecular complexity index is 364. The van der Waals surface area contributed by atoms with Crippen molar-refractivity contribution in [3.63, 3.8) is 0 Å². The predicted molar refractivity (Wildman–Crippen MR) is 64.1 cm³/mol. The van der Waals surface area contributed by atoms with Crippen LogP contribution in [0.25, 0.3) is 0 Å². The highest BCUT2D eigenvalue weighted by Gasteiger charge is 2.20. The van der Waals surface area contributed by atoms with E-state index in [1.54, 1.807) is 13.0 Å². The summed E-state index contributed by atoms with van der Waals surface area (Å²) in [6.07, 6.45) is 0.439. The van der Waals surface area contributed by atoms with E-state index in [9.17, 15) is 4.39 Å². The predicted octanol–water partition coefficient (Wildman–Crippen LogP) is 1.14. The van der Waals surface area contributed by atoms with Crippen molar-refractivity contribution in [3.05, 3.63) is 29.6 Å². The van der Waals surface area contributed by atoms with Gasteiger partial charge in [0.1, 0.15) is 5.82 Å². The fraction of sp³-hybridized carbons (Fsp3) is 0.500. The number of anilines is 1. The van der Waals surface area contributed by atoms with Gasteiger partial charge in [-0.25, -0.2) is 4.39 Å². The minimum Gasteiger partial charge on any atom is -0.394 e. The number of aliphatic hydroxyl groups is 1. The van der Waals surface area contributed by atoms with Crippen LogP contribution in [-0.2, 0) is 6.42 Å². The molecule has 90 valence electrons. The molecule has 1 atom stereocenters. The van der Waals surface area contributed by atoms with E-state index in [4.69, 9.17) is 10.8 Å². The van der Waals surface area contributed by atoms with Crippen LogP contribution in [0.4, 0.5) is 10.1 Å². The van der Waals surface area contributed by atoms with Crippen LogP contribution in [0.15, 0.2) is 18.2 Å². The molecule has 1 aromatic rings. The molecule has 4 heteroatoms. The van der Waals surface area contributed by atoms with Gasteiger partial charge in [0.15, 0.2) is 0 Å². The van der Waals surface area contributed by atoms with Crippen LogP contribution in [0.5, 0.6) is 0 Å². The topological polar surface area (TPSA) is 49.5 Å². The molecule has 0 aromatic heterocycles. The zero-order valence-corrected chi connectivity index (χ0v) is 10.00. The van der Waals surface area contributed by atoms with Crippen molar-refractivity contribution in [2.45, 2.75) is 18.9 Å². The van der Waals surface area contributed by atoms with Gasteiger partial charge in [0, 0.05) is 25.3 Å². The van der Waals surface area contributed by atoms with Crippen molar-refractivity contribution in [1.82, 2.24) is 0 Å². The Morgan fingerprint density at radius 2 is 2.06 bits per heavy atom. The summed E-state index contributed by atoms with van der Waals surface area (Å²) in [6.45, 7) is 1.62. The van der Waals surface area contributed by atoms with Crippen molar-refractivity contribution >= 4 is 5.69 Å². The largest absolute Gasteiger partial charge is 0.394 e. The highest BCUT2D eigenvalue weighted by Crippen LogP contribution is 2.23. The first-order valence-electron chi connectivity index (χ1n) is 5.21. The molecular formula is C12H19FN2O. The average molecular weight is 226 g/mol. The van der Waals surface area contributed by atoms with Gasteiger partial charge in [-0.2, -0.15) is 0 Å². The van der Waals surface area contributed by atoms with Gasteiger partial charge < -0.3 is 15.7 Å². The second-order valence-electron chi connectivity index (χ2n) is 4.66. The van der Waals surface area contributed by atoms with Crippen molar-refractivity contribution in [2.75, 3.05) is 25.6 Å². The highest BCUT2D eigenvalue weighted by atomic mass is 19.1. The van der Waals surface area contributed by atoms with Gasteiger partial charge in [0.05, 0.1) is 6.61 Å². The summed E-state index contributed by atoms with van der Waals surface area (Å²) in [5, 5.41) is 9.12. The Morgan fingerprint density at radius 1 is 1.44 bits per heavy atom. The molecule has 0 fully saturated rings. The molecule has 0 aliphatic heterocycles. The maximum atomic E-state index is 13.2. The first-order valence-corrected chi connectivity index (χ1v) is 5.21. The first kappa shape index (κ1) is 12.9. The lowest BCUT2D eigenvalue weighted by molar-refractivity contribution is 0.208. The normalized spacial score (nSPS) is 14.6. The van der Waals surface area contributed by atoms with Gasteiger partial charge in [-0.05, 0) is 37.1 Å². The summed E-state index contributed by atoms with van der Waals surface area (Å²) < 4.78 is 13.2. The van der Waals surface area contributed by atoms with Crippen molar-refractivity contribution in [2.24, 2.45) is 5.73 Å². The molecule has 0 bridgehead atoms. The molecule has 16 heavy (non-hydrogen) atoms. The Labute approximate surface area is 95.7 Å². The minimum atomic E-state index is -0.724. The van der Waals surface area contributed by atoms with Gasteiger partial charge in [-0.15, -0.1) is 0 Å². The van der Waals surface area contributed by atoms with Gasteiger partial charge in [-0.3, -0.25) is 0 Å². The van der Waals surface area contributed by atoms with E-state index in [1.807, 2.05) is 19.0 Å². The average Bonchev–Trinajstić information content (AvgIpc) is 2.16. The van der Waals surface area contributed by atoms with Gasteiger partial charge in [-0.1, -0.05) is 0 Å². The third kappa shape index (κ3) is 3.18. The van der Waals surface area contributed by atoms with Crippen LogP contribution in [0.2, 0.25) is 0 Å². The summed E-state index contributed by atoms with van der Waals surface area (Å²) in [5.74, 6) is -0.283. The highest BCUT2D eigenvalue weighted by molar-refractivity contribution is 5.53. The van der Waals surface area contributed by atoms with Gasteiger partial charge in [0.25, 0.3) is 0 Å². The molecule has 0 radical (unpaired) electrons.